The Morgan fingerprint density at radius 2 is 2.08 bits per heavy atom. The van der Waals surface area contributed by atoms with Gasteiger partial charge in [-0.05, 0) is 35.4 Å². The quantitative estimate of drug-likeness (QED) is 0.848. The number of nitrogens with one attached hydrogen (secondary N) is 1. The number of amides is 2. The van der Waals surface area contributed by atoms with Crippen LogP contribution in [0, 0.1) is 5.41 Å². The van der Waals surface area contributed by atoms with E-state index in [0.717, 1.165) is 11.1 Å². The Labute approximate surface area is 158 Å². The molecule has 5 nitrogen and oxygen atoms in total. The van der Waals surface area contributed by atoms with Crippen LogP contribution in [-0.2, 0) is 20.7 Å². The van der Waals surface area contributed by atoms with Crippen molar-refractivity contribution in [1.29, 1.82) is 0 Å². The van der Waals surface area contributed by atoms with Gasteiger partial charge in [-0.1, -0.05) is 30.3 Å². The van der Waals surface area contributed by atoms with Crippen LogP contribution in [0.2, 0.25) is 0 Å². The molecule has 2 heterocycles. The number of hydrogen-bond donors (Lipinski definition) is 1. The van der Waals surface area contributed by atoms with Gasteiger partial charge in [0, 0.05) is 32.1 Å². The van der Waals surface area contributed by atoms with E-state index in [1.54, 1.807) is 23.3 Å². The number of benzene rings is 1. The average molecular weight is 372 g/mol. The first-order valence-electron chi connectivity index (χ1n) is 8.70. The highest BCUT2D eigenvalue weighted by Gasteiger charge is 2.45. The van der Waals surface area contributed by atoms with E-state index in [-0.39, 0.29) is 18.4 Å². The Morgan fingerprint density at radius 3 is 2.77 bits per heavy atom. The summed E-state index contributed by atoms with van der Waals surface area (Å²) in [6.07, 6.45) is 1.26. The van der Waals surface area contributed by atoms with Gasteiger partial charge in [-0.2, -0.15) is 0 Å². The van der Waals surface area contributed by atoms with E-state index in [0.29, 0.717) is 25.9 Å². The second-order valence-electron chi connectivity index (χ2n) is 6.67. The number of nitrogens with zero attached hydrogens (tertiary/aromatic N) is 1. The lowest BCUT2D eigenvalue weighted by molar-refractivity contribution is -0.135. The van der Waals surface area contributed by atoms with Gasteiger partial charge in [0.05, 0.1) is 5.41 Å². The van der Waals surface area contributed by atoms with E-state index >= 15 is 0 Å². The van der Waals surface area contributed by atoms with Crippen molar-refractivity contribution in [2.45, 2.75) is 12.8 Å². The largest absolute Gasteiger partial charge is 0.375 e. The molecule has 1 fully saturated rings. The molecule has 0 unspecified atom stereocenters. The summed E-state index contributed by atoms with van der Waals surface area (Å²) in [5.41, 5.74) is 1.69. The Bertz CT molecular complexity index is 775. The van der Waals surface area contributed by atoms with E-state index in [4.69, 9.17) is 4.74 Å². The molecule has 0 saturated carbocycles. The average Bonchev–Trinajstić information content (AvgIpc) is 3.32. The number of methoxy groups -OCH3 is 1. The Hall–Kier alpha value is -2.18. The summed E-state index contributed by atoms with van der Waals surface area (Å²) in [6, 6.07) is 12.3. The number of hydrogen-bond acceptors (Lipinski definition) is 4. The zero-order valence-corrected chi connectivity index (χ0v) is 16.0. The molecule has 2 aromatic rings. The SMILES string of the molecule is CNC(=O)[C@]1(Cc2ccccc2-c2cccs2)CCN(C(=O)COC)C1. The van der Waals surface area contributed by atoms with Crippen LogP contribution in [0.25, 0.3) is 10.4 Å². The fourth-order valence-electron chi connectivity index (χ4n) is 3.69. The zero-order valence-electron chi connectivity index (χ0n) is 15.2. The fourth-order valence-corrected chi connectivity index (χ4v) is 4.47. The van der Waals surface area contributed by atoms with Crippen molar-refractivity contribution in [2.24, 2.45) is 5.41 Å². The predicted molar refractivity (Wildman–Crippen MR) is 103 cm³/mol. The molecular weight excluding hydrogens is 348 g/mol. The Morgan fingerprint density at radius 1 is 1.27 bits per heavy atom. The van der Waals surface area contributed by atoms with E-state index in [1.807, 2.05) is 18.2 Å². The highest BCUT2D eigenvalue weighted by Crippen LogP contribution is 2.38. The molecule has 0 aliphatic carbocycles. The zero-order chi connectivity index (χ0) is 18.6. The number of ether oxygens (including phenoxy) is 1. The molecule has 138 valence electrons. The van der Waals surface area contributed by atoms with Crippen molar-refractivity contribution in [2.75, 3.05) is 33.9 Å². The summed E-state index contributed by atoms with van der Waals surface area (Å²) < 4.78 is 4.97. The highest BCUT2D eigenvalue weighted by molar-refractivity contribution is 7.13. The summed E-state index contributed by atoms with van der Waals surface area (Å²) in [7, 11) is 3.17. The van der Waals surface area contributed by atoms with Gasteiger partial charge in [0.1, 0.15) is 6.61 Å². The molecule has 1 aliphatic rings. The van der Waals surface area contributed by atoms with Crippen LogP contribution in [-0.4, -0.2) is 50.6 Å². The minimum Gasteiger partial charge on any atom is -0.375 e. The molecule has 2 amide bonds. The monoisotopic (exact) mass is 372 g/mol. The summed E-state index contributed by atoms with van der Waals surface area (Å²) in [6.45, 7) is 1.06. The van der Waals surface area contributed by atoms with Gasteiger partial charge in [-0.3, -0.25) is 9.59 Å². The Kier molecular flexibility index (Phi) is 5.74. The van der Waals surface area contributed by atoms with Gasteiger partial charge >= 0.3 is 0 Å². The van der Waals surface area contributed by atoms with Crippen molar-refractivity contribution in [3.8, 4) is 10.4 Å². The number of carbonyl (C=O) groups is 2. The second-order valence-corrected chi connectivity index (χ2v) is 7.62. The van der Waals surface area contributed by atoms with Crippen LogP contribution in [0.15, 0.2) is 41.8 Å². The minimum absolute atomic E-state index is 0.00815. The van der Waals surface area contributed by atoms with E-state index in [1.165, 1.54) is 12.0 Å². The molecule has 26 heavy (non-hydrogen) atoms. The lowest BCUT2D eigenvalue weighted by Gasteiger charge is -2.28. The van der Waals surface area contributed by atoms with Gasteiger partial charge in [0.2, 0.25) is 11.8 Å². The smallest absolute Gasteiger partial charge is 0.248 e. The third-order valence-corrected chi connectivity index (χ3v) is 5.92. The third kappa shape index (κ3) is 3.66. The first kappa shape index (κ1) is 18.6. The molecule has 0 radical (unpaired) electrons. The second kappa shape index (κ2) is 8.01. The van der Waals surface area contributed by atoms with Crippen molar-refractivity contribution in [3.63, 3.8) is 0 Å². The summed E-state index contributed by atoms with van der Waals surface area (Å²) in [5.74, 6) is -0.0731. The van der Waals surface area contributed by atoms with Crippen molar-refractivity contribution in [1.82, 2.24) is 10.2 Å². The molecule has 1 atom stereocenters. The van der Waals surface area contributed by atoms with Crippen LogP contribution < -0.4 is 5.32 Å². The van der Waals surface area contributed by atoms with Crippen LogP contribution in [0.4, 0.5) is 0 Å². The van der Waals surface area contributed by atoms with E-state index in [9.17, 15) is 9.59 Å². The fraction of sp³-hybridized carbons (Fsp3) is 0.400. The van der Waals surface area contributed by atoms with Gasteiger partial charge in [-0.15, -0.1) is 11.3 Å². The molecule has 1 N–H and O–H groups in total. The lowest BCUT2D eigenvalue weighted by Crippen LogP contribution is -2.44. The number of likely N-dealkylation sites (tertiary alicyclic amines) is 1. The Balaban J connectivity index is 1.90. The molecule has 0 bridgehead atoms. The molecule has 1 aromatic heterocycles. The summed E-state index contributed by atoms with van der Waals surface area (Å²) >= 11 is 1.69. The van der Waals surface area contributed by atoms with Crippen molar-refractivity contribution < 1.29 is 14.3 Å². The lowest BCUT2D eigenvalue weighted by atomic mass is 9.78. The molecule has 1 aromatic carbocycles. The van der Waals surface area contributed by atoms with Gasteiger partial charge in [0.25, 0.3) is 0 Å². The highest BCUT2D eigenvalue weighted by atomic mass is 32.1. The summed E-state index contributed by atoms with van der Waals surface area (Å²) in [5, 5.41) is 4.87. The molecular formula is C20H24N2O3S. The van der Waals surface area contributed by atoms with Gasteiger partial charge < -0.3 is 15.0 Å². The molecule has 1 aliphatic heterocycles. The normalized spacial score (nSPS) is 19.5. The number of thiophene rings is 1. The van der Waals surface area contributed by atoms with Crippen LogP contribution in [0.3, 0.4) is 0 Å². The van der Waals surface area contributed by atoms with Gasteiger partial charge in [0.15, 0.2) is 0 Å². The van der Waals surface area contributed by atoms with Crippen molar-refractivity contribution >= 4 is 23.2 Å². The molecule has 3 rings (SSSR count). The first-order valence-corrected chi connectivity index (χ1v) is 9.58. The minimum atomic E-state index is -0.606. The molecule has 0 spiro atoms. The van der Waals surface area contributed by atoms with E-state index in [2.05, 4.69) is 28.9 Å². The van der Waals surface area contributed by atoms with E-state index < -0.39 is 5.41 Å². The van der Waals surface area contributed by atoms with Crippen LogP contribution >= 0.6 is 11.3 Å². The van der Waals surface area contributed by atoms with Gasteiger partial charge in [-0.25, -0.2) is 0 Å². The van der Waals surface area contributed by atoms with Crippen molar-refractivity contribution in [3.05, 3.63) is 47.3 Å². The predicted octanol–water partition coefficient (Wildman–Crippen LogP) is 2.57. The third-order valence-electron chi connectivity index (χ3n) is 5.02. The van der Waals surface area contributed by atoms with Crippen LogP contribution in [0.1, 0.15) is 12.0 Å². The maximum absolute atomic E-state index is 12.8. The molecule has 6 heteroatoms. The maximum atomic E-state index is 12.8. The van der Waals surface area contributed by atoms with Crippen LogP contribution in [0.5, 0.6) is 0 Å². The number of rotatable bonds is 6. The first-order chi connectivity index (χ1) is 12.6. The molecule has 1 saturated heterocycles. The number of carbonyl (C=O) groups excluding carboxylic acids is 2. The summed E-state index contributed by atoms with van der Waals surface area (Å²) in [4.78, 5) is 27.9. The standard InChI is InChI=1S/C20H24N2O3S/c1-21-19(24)20(9-10-22(14-20)18(23)13-25-2)12-15-6-3-4-7-16(15)17-8-5-11-26-17/h3-8,11H,9-10,12-14H2,1-2H3,(H,21,24)/t20-/m0/s1. The topological polar surface area (TPSA) is 58.6 Å². The maximum Gasteiger partial charge on any atom is 0.248 e.